The summed E-state index contributed by atoms with van der Waals surface area (Å²) in [6, 6.07) is 4.11. The van der Waals surface area contributed by atoms with Crippen LogP contribution < -0.4 is 5.32 Å². The molecule has 1 saturated heterocycles. The number of hydrogen-bond donors (Lipinski definition) is 2. The van der Waals surface area contributed by atoms with E-state index in [9.17, 15) is 9.59 Å². The lowest BCUT2D eigenvalue weighted by Gasteiger charge is -2.20. The van der Waals surface area contributed by atoms with Gasteiger partial charge in [0.15, 0.2) is 0 Å². The van der Waals surface area contributed by atoms with Crippen molar-refractivity contribution in [3.05, 3.63) is 28.8 Å². The summed E-state index contributed by atoms with van der Waals surface area (Å²) >= 11 is 5.78. The lowest BCUT2D eigenvalue weighted by atomic mass is 9.93. The Bertz CT molecular complexity index is 557. The highest BCUT2D eigenvalue weighted by Gasteiger charge is 2.32. The van der Waals surface area contributed by atoms with Crippen molar-refractivity contribution in [3.8, 4) is 0 Å². The molecule has 0 aliphatic carbocycles. The number of carbonyl (C=O) groups is 2. The van der Waals surface area contributed by atoms with Crippen molar-refractivity contribution < 1.29 is 14.7 Å². The maximum Gasteiger partial charge on any atom is 0.337 e. The molecular formula is C14H17ClN2O3. The summed E-state index contributed by atoms with van der Waals surface area (Å²) in [5.41, 5.74) is 0.355. The van der Waals surface area contributed by atoms with Crippen LogP contribution in [0.4, 0.5) is 10.5 Å². The zero-order valence-corrected chi connectivity index (χ0v) is 12.2. The summed E-state index contributed by atoms with van der Waals surface area (Å²) in [4.78, 5) is 25.0. The van der Waals surface area contributed by atoms with Gasteiger partial charge in [-0.3, -0.25) is 0 Å². The SMILES string of the molecule is CC1(C)CCN(C(=O)Nc2ccc(Cl)cc2C(=O)O)C1. The van der Waals surface area contributed by atoms with Crippen LogP contribution >= 0.6 is 11.6 Å². The molecule has 0 spiro atoms. The second-order valence-corrected chi connectivity index (χ2v) is 6.20. The van der Waals surface area contributed by atoms with Crippen molar-refractivity contribution >= 4 is 29.3 Å². The molecule has 2 amide bonds. The largest absolute Gasteiger partial charge is 0.478 e. The van der Waals surface area contributed by atoms with Crippen LogP contribution in [0.15, 0.2) is 18.2 Å². The number of carbonyl (C=O) groups excluding carboxylic acids is 1. The van der Waals surface area contributed by atoms with E-state index in [1.54, 1.807) is 11.0 Å². The van der Waals surface area contributed by atoms with Gasteiger partial charge in [0.25, 0.3) is 0 Å². The molecule has 2 N–H and O–H groups in total. The number of benzene rings is 1. The predicted octanol–water partition coefficient (Wildman–Crippen LogP) is 3.30. The Kier molecular flexibility index (Phi) is 3.90. The standard InChI is InChI=1S/C14H17ClN2O3/c1-14(2)5-6-17(8-14)13(20)16-11-4-3-9(15)7-10(11)12(18)19/h3-4,7H,5-6,8H2,1-2H3,(H,16,20)(H,18,19). The minimum Gasteiger partial charge on any atom is -0.478 e. The lowest BCUT2D eigenvalue weighted by Crippen LogP contribution is -2.34. The first-order chi connectivity index (χ1) is 9.28. The zero-order valence-electron chi connectivity index (χ0n) is 11.4. The van der Waals surface area contributed by atoms with Gasteiger partial charge in [-0.1, -0.05) is 25.4 Å². The maximum absolute atomic E-state index is 12.2. The van der Waals surface area contributed by atoms with Crippen molar-refractivity contribution in [1.29, 1.82) is 0 Å². The Labute approximate surface area is 122 Å². The number of carboxylic acid groups (broad SMARTS) is 1. The Hall–Kier alpha value is -1.75. The number of nitrogens with zero attached hydrogens (tertiary/aromatic N) is 1. The first-order valence-electron chi connectivity index (χ1n) is 6.37. The van der Waals surface area contributed by atoms with Crippen LogP contribution in [-0.2, 0) is 0 Å². The van der Waals surface area contributed by atoms with Crippen LogP contribution in [0.1, 0.15) is 30.6 Å². The summed E-state index contributed by atoms with van der Waals surface area (Å²) in [7, 11) is 0. The fourth-order valence-corrected chi connectivity index (χ4v) is 2.45. The third kappa shape index (κ3) is 3.22. The summed E-state index contributed by atoms with van der Waals surface area (Å²) < 4.78 is 0. The highest BCUT2D eigenvalue weighted by Crippen LogP contribution is 2.29. The van der Waals surface area contributed by atoms with Crippen molar-refractivity contribution in [1.82, 2.24) is 4.90 Å². The molecule has 108 valence electrons. The number of hydrogen-bond acceptors (Lipinski definition) is 2. The molecule has 20 heavy (non-hydrogen) atoms. The van der Waals surface area contributed by atoms with Gasteiger partial charge in [-0.05, 0) is 30.0 Å². The van der Waals surface area contributed by atoms with Crippen LogP contribution in [-0.4, -0.2) is 35.1 Å². The molecule has 5 nitrogen and oxygen atoms in total. The molecule has 1 aliphatic heterocycles. The molecule has 1 fully saturated rings. The van der Waals surface area contributed by atoms with Gasteiger partial charge < -0.3 is 15.3 Å². The van der Waals surface area contributed by atoms with E-state index in [2.05, 4.69) is 19.2 Å². The number of aromatic carboxylic acids is 1. The lowest BCUT2D eigenvalue weighted by molar-refractivity contribution is 0.0698. The van der Waals surface area contributed by atoms with Crippen LogP contribution in [0.5, 0.6) is 0 Å². The highest BCUT2D eigenvalue weighted by atomic mass is 35.5. The molecule has 0 saturated carbocycles. The molecule has 1 aromatic carbocycles. The van der Waals surface area contributed by atoms with Gasteiger partial charge >= 0.3 is 12.0 Å². The number of likely N-dealkylation sites (tertiary alicyclic amines) is 1. The van der Waals surface area contributed by atoms with E-state index >= 15 is 0 Å². The first kappa shape index (κ1) is 14.7. The zero-order chi connectivity index (χ0) is 14.9. The van der Waals surface area contributed by atoms with Crippen molar-refractivity contribution in [3.63, 3.8) is 0 Å². The molecule has 0 radical (unpaired) electrons. The van der Waals surface area contributed by atoms with E-state index in [1.807, 2.05) is 0 Å². The Morgan fingerprint density at radius 1 is 1.40 bits per heavy atom. The van der Waals surface area contributed by atoms with Gasteiger partial charge in [0, 0.05) is 18.1 Å². The van der Waals surface area contributed by atoms with E-state index in [0.717, 1.165) is 6.42 Å². The number of nitrogens with one attached hydrogen (secondary N) is 1. The number of anilines is 1. The van der Waals surface area contributed by atoms with E-state index in [1.165, 1.54) is 12.1 Å². The fourth-order valence-electron chi connectivity index (χ4n) is 2.28. The average Bonchev–Trinajstić information content (AvgIpc) is 2.71. The number of urea groups is 1. The average molecular weight is 297 g/mol. The molecule has 1 aliphatic rings. The maximum atomic E-state index is 12.2. The number of carboxylic acids is 1. The Balaban J connectivity index is 2.14. The highest BCUT2D eigenvalue weighted by molar-refractivity contribution is 6.31. The summed E-state index contributed by atoms with van der Waals surface area (Å²) in [6.07, 6.45) is 0.937. The van der Waals surface area contributed by atoms with E-state index in [4.69, 9.17) is 16.7 Å². The van der Waals surface area contributed by atoms with Gasteiger partial charge in [0.1, 0.15) is 0 Å². The fraction of sp³-hybridized carbons (Fsp3) is 0.429. The molecular weight excluding hydrogens is 280 g/mol. The topological polar surface area (TPSA) is 69.6 Å². The third-order valence-electron chi connectivity index (χ3n) is 3.42. The minimum atomic E-state index is -1.12. The molecule has 0 unspecified atom stereocenters. The van der Waals surface area contributed by atoms with Gasteiger partial charge in [-0.2, -0.15) is 0 Å². The molecule has 1 aromatic rings. The van der Waals surface area contributed by atoms with Crippen molar-refractivity contribution in [2.75, 3.05) is 18.4 Å². The molecule has 0 aromatic heterocycles. The smallest absolute Gasteiger partial charge is 0.337 e. The third-order valence-corrected chi connectivity index (χ3v) is 3.65. The molecule has 0 atom stereocenters. The number of rotatable bonds is 2. The second-order valence-electron chi connectivity index (χ2n) is 5.76. The molecule has 6 heteroatoms. The quantitative estimate of drug-likeness (QED) is 0.879. The first-order valence-corrected chi connectivity index (χ1v) is 6.75. The van der Waals surface area contributed by atoms with Crippen molar-refractivity contribution in [2.45, 2.75) is 20.3 Å². The molecule has 2 rings (SSSR count). The van der Waals surface area contributed by atoms with E-state index < -0.39 is 5.97 Å². The summed E-state index contributed by atoms with van der Waals surface area (Å²) in [5.74, 6) is -1.12. The van der Waals surface area contributed by atoms with E-state index in [-0.39, 0.29) is 22.7 Å². The number of amides is 2. The second kappa shape index (κ2) is 5.32. The van der Waals surface area contributed by atoms with Crippen LogP contribution in [0.2, 0.25) is 5.02 Å². The normalized spacial score (nSPS) is 17.1. The van der Waals surface area contributed by atoms with Crippen LogP contribution in [0.3, 0.4) is 0 Å². The van der Waals surface area contributed by atoms with Crippen LogP contribution in [0.25, 0.3) is 0 Å². The molecule has 1 heterocycles. The Morgan fingerprint density at radius 2 is 2.10 bits per heavy atom. The van der Waals surface area contributed by atoms with Gasteiger partial charge in [0.2, 0.25) is 0 Å². The number of halogens is 1. The van der Waals surface area contributed by atoms with Crippen LogP contribution in [0, 0.1) is 5.41 Å². The predicted molar refractivity (Wildman–Crippen MR) is 77.4 cm³/mol. The van der Waals surface area contributed by atoms with Gasteiger partial charge in [-0.15, -0.1) is 0 Å². The van der Waals surface area contributed by atoms with Gasteiger partial charge in [-0.25, -0.2) is 9.59 Å². The Morgan fingerprint density at radius 3 is 2.65 bits per heavy atom. The minimum absolute atomic E-state index is 0.00990. The molecule has 0 bridgehead atoms. The van der Waals surface area contributed by atoms with Gasteiger partial charge in [0.05, 0.1) is 11.3 Å². The van der Waals surface area contributed by atoms with E-state index in [0.29, 0.717) is 18.1 Å². The monoisotopic (exact) mass is 296 g/mol. The summed E-state index contributed by atoms with van der Waals surface area (Å²) in [5, 5.41) is 12.1. The van der Waals surface area contributed by atoms with Crippen molar-refractivity contribution in [2.24, 2.45) is 5.41 Å². The summed E-state index contributed by atoms with van der Waals surface area (Å²) in [6.45, 7) is 5.54.